The SMILES string of the molecule is CC(=NO)C(c1ccc(Br)cc1)(c1ccnc(C)c1)c1ncccc1C. The Morgan fingerprint density at radius 1 is 1.00 bits per heavy atom. The molecule has 2 heterocycles. The first-order valence-electron chi connectivity index (χ1n) is 8.30. The molecule has 132 valence electrons. The number of benzene rings is 1. The number of aromatic nitrogens is 2. The van der Waals surface area contributed by atoms with Crippen LogP contribution in [0.4, 0.5) is 0 Å². The summed E-state index contributed by atoms with van der Waals surface area (Å²) in [5, 5.41) is 13.4. The van der Waals surface area contributed by atoms with Gasteiger partial charge in [0.1, 0.15) is 5.41 Å². The van der Waals surface area contributed by atoms with E-state index in [0.29, 0.717) is 5.71 Å². The van der Waals surface area contributed by atoms with Crippen LogP contribution in [0.2, 0.25) is 0 Å². The number of hydrogen-bond acceptors (Lipinski definition) is 4. The van der Waals surface area contributed by atoms with Gasteiger partial charge in [-0.1, -0.05) is 39.3 Å². The van der Waals surface area contributed by atoms with E-state index in [9.17, 15) is 5.21 Å². The van der Waals surface area contributed by atoms with Crippen LogP contribution in [0.15, 0.2) is 70.6 Å². The van der Waals surface area contributed by atoms with Gasteiger partial charge in [0.25, 0.3) is 0 Å². The van der Waals surface area contributed by atoms with Crippen LogP contribution in [0.5, 0.6) is 0 Å². The zero-order valence-electron chi connectivity index (χ0n) is 14.9. The number of nitrogens with zero attached hydrogens (tertiary/aromatic N) is 3. The fourth-order valence-corrected chi connectivity index (χ4v) is 3.73. The van der Waals surface area contributed by atoms with Crippen molar-refractivity contribution in [2.75, 3.05) is 0 Å². The summed E-state index contributed by atoms with van der Waals surface area (Å²) in [4.78, 5) is 9.03. The van der Waals surface area contributed by atoms with Crippen LogP contribution in [0.3, 0.4) is 0 Å². The number of halogens is 1. The Labute approximate surface area is 161 Å². The number of hydrogen-bond donors (Lipinski definition) is 1. The molecule has 0 amide bonds. The average molecular weight is 410 g/mol. The van der Waals surface area contributed by atoms with E-state index in [1.807, 2.05) is 69.3 Å². The van der Waals surface area contributed by atoms with E-state index in [1.165, 1.54) is 0 Å². The molecule has 4 nitrogen and oxygen atoms in total. The molecule has 1 unspecified atom stereocenters. The number of pyridine rings is 2. The maximum Gasteiger partial charge on any atom is 0.104 e. The van der Waals surface area contributed by atoms with Crippen LogP contribution in [0.25, 0.3) is 0 Å². The lowest BCUT2D eigenvalue weighted by atomic mass is 9.67. The summed E-state index contributed by atoms with van der Waals surface area (Å²) in [6.45, 7) is 5.80. The molecule has 5 heteroatoms. The van der Waals surface area contributed by atoms with Gasteiger partial charge in [-0.05, 0) is 67.8 Å². The van der Waals surface area contributed by atoms with E-state index in [4.69, 9.17) is 4.98 Å². The normalized spacial score (nSPS) is 14.1. The summed E-state index contributed by atoms with van der Waals surface area (Å²) in [6.07, 6.45) is 3.55. The molecule has 0 aliphatic carbocycles. The maximum absolute atomic E-state index is 9.80. The highest BCUT2D eigenvalue weighted by molar-refractivity contribution is 9.10. The van der Waals surface area contributed by atoms with Crippen molar-refractivity contribution < 1.29 is 5.21 Å². The molecule has 0 aliphatic heterocycles. The largest absolute Gasteiger partial charge is 0.411 e. The molecule has 0 saturated heterocycles. The van der Waals surface area contributed by atoms with Gasteiger partial charge in [-0.25, -0.2) is 0 Å². The molecule has 1 atom stereocenters. The highest BCUT2D eigenvalue weighted by Gasteiger charge is 2.42. The average Bonchev–Trinajstić information content (AvgIpc) is 2.65. The van der Waals surface area contributed by atoms with Gasteiger partial charge in [-0.2, -0.15) is 0 Å². The lowest BCUT2D eigenvalue weighted by molar-refractivity contribution is 0.315. The van der Waals surface area contributed by atoms with Crippen molar-refractivity contribution in [1.82, 2.24) is 9.97 Å². The summed E-state index contributed by atoms with van der Waals surface area (Å²) in [5.74, 6) is 0. The zero-order chi connectivity index (χ0) is 18.7. The lowest BCUT2D eigenvalue weighted by Crippen LogP contribution is -2.39. The second-order valence-corrected chi connectivity index (χ2v) is 7.21. The van der Waals surface area contributed by atoms with E-state index in [0.717, 1.165) is 32.6 Å². The minimum Gasteiger partial charge on any atom is -0.411 e. The Morgan fingerprint density at radius 3 is 2.35 bits per heavy atom. The molecule has 0 spiro atoms. The fraction of sp³-hybridized carbons (Fsp3) is 0.190. The Morgan fingerprint density at radius 2 is 1.73 bits per heavy atom. The molecule has 3 rings (SSSR count). The minimum absolute atomic E-state index is 0.548. The summed E-state index contributed by atoms with van der Waals surface area (Å²) in [5.41, 5.74) is 4.42. The van der Waals surface area contributed by atoms with Crippen LogP contribution in [-0.4, -0.2) is 20.9 Å². The second kappa shape index (κ2) is 7.38. The van der Waals surface area contributed by atoms with E-state index < -0.39 is 5.41 Å². The highest BCUT2D eigenvalue weighted by Crippen LogP contribution is 2.41. The van der Waals surface area contributed by atoms with Gasteiger partial charge >= 0.3 is 0 Å². The lowest BCUT2D eigenvalue weighted by Gasteiger charge is -2.35. The summed E-state index contributed by atoms with van der Waals surface area (Å²) in [6, 6.07) is 15.9. The van der Waals surface area contributed by atoms with Crippen LogP contribution in [-0.2, 0) is 5.41 Å². The van der Waals surface area contributed by atoms with Crippen molar-refractivity contribution in [1.29, 1.82) is 0 Å². The molecule has 3 aromatic rings. The predicted molar refractivity (Wildman–Crippen MR) is 107 cm³/mol. The van der Waals surface area contributed by atoms with Gasteiger partial charge in [0, 0.05) is 22.6 Å². The van der Waals surface area contributed by atoms with Gasteiger partial charge in [0.15, 0.2) is 0 Å². The van der Waals surface area contributed by atoms with E-state index in [1.54, 1.807) is 12.4 Å². The minimum atomic E-state index is -0.811. The molecule has 0 radical (unpaired) electrons. The quantitative estimate of drug-likeness (QED) is 0.373. The fourth-order valence-electron chi connectivity index (χ4n) is 3.46. The van der Waals surface area contributed by atoms with Crippen LogP contribution in [0.1, 0.15) is 35.0 Å². The third-order valence-electron chi connectivity index (χ3n) is 4.66. The van der Waals surface area contributed by atoms with Gasteiger partial charge < -0.3 is 5.21 Å². The summed E-state index contributed by atoms with van der Waals surface area (Å²) >= 11 is 3.50. The summed E-state index contributed by atoms with van der Waals surface area (Å²) in [7, 11) is 0. The van der Waals surface area contributed by atoms with Crippen molar-refractivity contribution in [2.45, 2.75) is 26.2 Å². The van der Waals surface area contributed by atoms with Gasteiger partial charge in [-0.3, -0.25) is 9.97 Å². The Bertz CT molecular complexity index is 953. The number of rotatable bonds is 4. The third-order valence-corrected chi connectivity index (χ3v) is 5.19. The smallest absolute Gasteiger partial charge is 0.104 e. The van der Waals surface area contributed by atoms with Crippen LogP contribution >= 0.6 is 15.9 Å². The van der Waals surface area contributed by atoms with E-state index >= 15 is 0 Å². The van der Waals surface area contributed by atoms with Crippen molar-refractivity contribution in [3.05, 3.63) is 93.5 Å². The second-order valence-electron chi connectivity index (χ2n) is 6.30. The van der Waals surface area contributed by atoms with Gasteiger partial charge in [0.05, 0.1) is 11.4 Å². The zero-order valence-corrected chi connectivity index (χ0v) is 16.5. The molecule has 1 aromatic carbocycles. The Balaban J connectivity index is 2.47. The van der Waals surface area contributed by atoms with E-state index in [2.05, 4.69) is 26.1 Å². The first-order chi connectivity index (χ1) is 12.5. The van der Waals surface area contributed by atoms with Crippen LogP contribution in [0, 0.1) is 13.8 Å². The Kier molecular flexibility index (Phi) is 5.18. The molecule has 26 heavy (non-hydrogen) atoms. The van der Waals surface area contributed by atoms with Crippen LogP contribution < -0.4 is 0 Å². The molecule has 0 fully saturated rings. The Hall–Kier alpha value is -2.53. The van der Waals surface area contributed by atoms with Crippen molar-refractivity contribution in [3.63, 3.8) is 0 Å². The van der Waals surface area contributed by atoms with Crippen molar-refractivity contribution in [3.8, 4) is 0 Å². The van der Waals surface area contributed by atoms with Gasteiger partial charge in [-0.15, -0.1) is 0 Å². The third kappa shape index (κ3) is 3.03. The number of oxime groups is 1. The molecule has 2 aromatic heterocycles. The van der Waals surface area contributed by atoms with E-state index in [-0.39, 0.29) is 0 Å². The first kappa shape index (κ1) is 18.3. The topological polar surface area (TPSA) is 58.4 Å². The first-order valence-corrected chi connectivity index (χ1v) is 9.10. The van der Waals surface area contributed by atoms with Gasteiger partial charge in [0.2, 0.25) is 0 Å². The molecular weight excluding hydrogens is 390 g/mol. The molecule has 0 aliphatic rings. The molecular formula is C21H20BrN3O. The van der Waals surface area contributed by atoms with Crippen molar-refractivity contribution >= 4 is 21.6 Å². The maximum atomic E-state index is 9.80. The molecule has 1 N–H and O–H groups in total. The van der Waals surface area contributed by atoms with Crippen molar-refractivity contribution in [2.24, 2.45) is 5.16 Å². The predicted octanol–water partition coefficient (Wildman–Crippen LogP) is 5.04. The molecule has 0 bridgehead atoms. The molecule has 0 saturated carbocycles. The summed E-state index contributed by atoms with van der Waals surface area (Å²) < 4.78 is 0.984. The highest BCUT2D eigenvalue weighted by atomic mass is 79.9. The monoisotopic (exact) mass is 409 g/mol. The number of aryl methyl sites for hydroxylation is 2. The standard InChI is InChI=1S/C21H20BrN3O/c1-14-5-4-11-24-20(14)21(16(3)25-26,17-6-8-19(22)9-7-17)18-10-12-23-15(2)13-18/h4-13,26H,1-3H3.